The van der Waals surface area contributed by atoms with E-state index < -0.39 is 0 Å². The molecule has 4 fully saturated rings. The number of benzene rings is 1. The normalized spacial score (nSPS) is 33.9. The SMILES string of the molecule is CC(C)CNC(=O)c1ccccc1NC(=O)C12CC3CC(CC(Br)(C3)C1)C2. The third kappa shape index (κ3) is 3.67. The van der Waals surface area contributed by atoms with Crippen molar-refractivity contribution in [1.29, 1.82) is 0 Å². The Hall–Kier alpha value is -1.36. The second-order valence-corrected chi connectivity index (χ2v) is 11.2. The molecule has 0 heterocycles. The fourth-order valence-electron chi connectivity index (χ4n) is 5.85. The summed E-state index contributed by atoms with van der Waals surface area (Å²) in [7, 11) is 0. The molecule has 4 saturated carbocycles. The molecule has 4 nitrogen and oxygen atoms in total. The largest absolute Gasteiger partial charge is 0.352 e. The molecule has 27 heavy (non-hydrogen) atoms. The fourth-order valence-corrected chi connectivity index (χ4v) is 7.31. The lowest BCUT2D eigenvalue weighted by atomic mass is 9.49. The van der Waals surface area contributed by atoms with Crippen molar-refractivity contribution >= 4 is 33.4 Å². The van der Waals surface area contributed by atoms with Gasteiger partial charge in [0.05, 0.1) is 16.7 Å². The third-order valence-corrected chi connectivity index (χ3v) is 7.49. The number of halogens is 1. The summed E-state index contributed by atoms with van der Waals surface area (Å²) in [4.78, 5) is 26.0. The first kappa shape index (κ1) is 19.0. The maximum atomic E-state index is 13.4. The molecular formula is C22H29BrN2O2. The molecule has 2 unspecified atom stereocenters. The van der Waals surface area contributed by atoms with Gasteiger partial charge in [-0.3, -0.25) is 9.59 Å². The molecule has 2 amide bonds. The summed E-state index contributed by atoms with van der Waals surface area (Å²) >= 11 is 3.97. The van der Waals surface area contributed by atoms with Gasteiger partial charge in [-0.2, -0.15) is 0 Å². The van der Waals surface area contributed by atoms with Gasteiger partial charge in [0.15, 0.2) is 0 Å². The summed E-state index contributed by atoms with van der Waals surface area (Å²) in [6.45, 7) is 4.76. The first-order chi connectivity index (χ1) is 12.8. The zero-order valence-corrected chi connectivity index (χ0v) is 17.8. The van der Waals surface area contributed by atoms with Crippen molar-refractivity contribution in [2.24, 2.45) is 23.2 Å². The standard InChI is InChI=1S/C22H29BrN2O2/c1-14(2)12-24-19(26)17-5-3-4-6-18(17)25-20(27)21-8-15-7-16(9-21)11-22(23,10-15)13-21/h3-6,14-16H,7-13H2,1-2H3,(H,24,26)(H,25,27). The van der Waals surface area contributed by atoms with Gasteiger partial charge in [-0.15, -0.1) is 0 Å². The van der Waals surface area contributed by atoms with E-state index in [1.54, 1.807) is 6.07 Å². The van der Waals surface area contributed by atoms with E-state index in [2.05, 4.69) is 40.4 Å². The first-order valence-electron chi connectivity index (χ1n) is 10.2. The van der Waals surface area contributed by atoms with Crippen LogP contribution in [0.1, 0.15) is 62.7 Å². The van der Waals surface area contributed by atoms with Gasteiger partial charge in [-0.05, 0) is 68.4 Å². The van der Waals surface area contributed by atoms with Crippen LogP contribution < -0.4 is 10.6 Å². The van der Waals surface area contributed by atoms with Crippen LogP contribution in [0.15, 0.2) is 24.3 Å². The number of carbonyl (C=O) groups is 2. The van der Waals surface area contributed by atoms with Gasteiger partial charge in [0.25, 0.3) is 5.91 Å². The highest BCUT2D eigenvalue weighted by molar-refractivity contribution is 9.10. The molecule has 0 saturated heterocycles. The van der Waals surface area contributed by atoms with E-state index in [1.807, 2.05) is 18.2 Å². The van der Waals surface area contributed by atoms with E-state index in [-0.39, 0.29) is 21.6 Å². The molecular weight excluding hydrogens is 404 g/mol. The highest BCUT2D eigenvalue weighted by Crippen LogP contribution is 2.64. The van der Waals surface area contributed by atoms with Crippen LogP contribution in [0.3, 0.4) is 0 Å². The highest BCUT2D eigenvalue weighted by atomic mass is 79.9. The Labute approximate surface area is 170 Å². The maximum Gasteiger partial charge on any atom is 0.253 e. The monoisotopic (exact) mass is 432 g/mol. The molecule has 0 spiro atoms. The van der Waals surface area contributed by atoms with Crippen LogP contribution in [0, 0.1) is 23.2 Å². The van der Waals surface area contributed by atoms with Crippen LogP contribution in [-0.2, 0) is 4.79 Å². The van der Waals surface area contributed by atoms with E-state index in [9.17, 15) is 9.59 Å². The summed E-state index contributed by atoms with van der Waals surface area (Å²) in [5.41, 5.74) is 0.891. The minimum Gasteiger partial charge on any atom is -0.352 e. The Kier molecular flexibility index (Phi) is 4.86. The number of para-hydroxylation sites is 1. The minimum atomic E-state index is -0.283. The number of nitrogens with one attached hydrogen (secondary N) is 2. The van der Waals surface area contributed by atoms with Gasteiger partial charge in [0.2, 0.25) is 5.91 Å². The quantitative estimate of drug-likeness (QED) is 0.659. The summed E-state index contributed by atoms with van der Waals surface area (Å²) < 4.78 is 0.141. The van der Waals surface area contributed by atoms with Crippen molar-refractivity contribution in [3.63, 3.8) is 0 Å². The molecule has 1 aromatic carbocycles. The predicted octanol–water partition coefficient (Wildman–Crippen LogP) is 4.74. The molecule has 4 aliphatic rings. The van der Waals surface area contributed by atoms with Crippen LogP contribution in [-0.4, -0.2) is 22.7 Å². The van der Waals surface area contributed by atoms with Gasteiger partial charge in [-0.25, -0.2) is 0 Å². The Balaban J connectivity index is 1.53. The molecule has 2 N–H and O–H groups in total. The topological polar surface area (TPSA) is 58.2 Å². The Bertz CT molecular complexity index is 746. The van der Waals surface area contributed by atoms with Crippen LogP contribution in [0.4, 0.5) is 5.69 Å². The minimum absolute atomic E-state index is 0.101. The number of hydrogen-bond acceptors (Lipinski definition) is 2. The maximum absolute atomic E-state index is 13.4. The molecule has 1 aromatic rings. The molecule has 5 rings (SSSR count). The van der Waals surface area contributed by atoms with Crippen molar-refractivity contribution in [2.75, 3.05) is 11.9 Å². The average Bonchev–Trinajstić information content (AvgIpc) is 2.58. The van der Waals surface area contributed by atoms with Gasteiger partial charge < -0.3 is 10.6 Å². The number of amides is 2. The van der Waals surface area contributed by atoms with Crippen molar-refractivity contribution in [3.05, 3.63) is 29.8 Å². The number of carbonyl (C=O) groups excluding carboxylic acids is 2. The molecule has 0 radical (unpaired) electrons. The summed E-state index contributed by atoms with van der Waals surface area (Å²) in [5.74, 6) is 1.67. The number of hydrogen-bond donors (Lipinski definition) is 2. The van der Waals surface area contributed by atoms with Crippen molar-refractivity contribution < 1.29 is 9.59 Å². The number of anilines is 1. The Morgan fingerprint density at radius 3 is 2.44 bits per heavy atom. The van der Waals surface area contributed by atoms with Gasteiger partial charge >= 0.3 is 0 Å². The van der Waals surface area contributed by atoms with Crippen molar-refractivity contribution in [2.45, 2.75) is 56.7 Å². The summed E-state index contributed by atoms with van der Waals surface area (Å²) in [6, 6.07) is 7.35. The van der Waals surface area contributed by atoms with E-state index >= 15 is 0 Å². The molecule has 5 heteroatoms. The fraction of sp³-hybridized carbons (Fsp3) is 0.636. The number of alkyl halides is 1. The molecule has 0 aromatic heterocycles. The molecule has 4 bridgehead atoms. The highest BCUT2D eigenvalue weighted by Gasteiger charge is 2.59. The van der Waals surface area contributed by atoms with Gasteiger partial charge in [-0.1, -0.05) is 41.9 Å². The Morgan fingerprint density at radius 1 is 1.15 bits per heavy atom. The van der Waals surface area contributed by atoms with Gasteiger partial charge in [0.1, 0.15) is 0 Å². The van der Waals surface area contributed by atoms with E-state index in [0.717, 1.165) is 19.3 Å². The van der Waals surface area contributed by atoms with E-state index in [1.165, 1.54) is 19.3 Å². The van der Waals surface area contributed by atoms with E-state index in [4.69, 9.17) is 0 Å². The van der Waals surface area contributed by atoms with Gasteiger partial charge in [0, 0.05) is 10.9 Å². The smallest absolute Gasteiger partial charge is 0.253 e. The van der Waals surface area contributed by atoms with Crippen LogP contribution in [0.5, 0.6) is 0 Å². The van der Waals surface area contributed by atoms with Crippen molar-refractivity contribution in [3.8, 4) is 0 Å². The lowest BCUT2D eigenvalue weighted by Crippen LogP contribution is -2.57. The molecule has 0 aliphatic heterocycles. The van der Waals surface area contributed by atoms with E-state index in [0.29, 0.717) is 35.5 Å². The number of rotatable bonds is 5. The molecule has 146 valence electrons. The predicted molar refractivity (Wildman–Crippen MR) is 111 cm³/mol. The molecule has 2 atom stereocenters. The third-order valence-electron chi connectivity index (χ3n) is 6.56. The summed E-state index contributed by atoms with van der Waals surface area (Å²) in [6.07, 6.45) is 6.57. The van der Waals surface area contributed by atoms with Crippen molar-refractivity contribution in [1.82, 2.24) is 5.32 Å². The van der Waals surface area contributed by atoms with Crippen LogP contribution >= 0.6 is 15.9 Å². The lowest BCUT2D eigenvalue weighted by molar-refractivity contribution is -0.138. The summed E-state index contributed by atoms with van der Waals surface area (Å²) in [5, 5.41) is 6.09. The zero-order valence-electron chi connectivity index (χ0n) is 16.2. The second-order valence-electron chi connectivity index (χ2n) is 9.50. The van der Waals surface area contributed by atoms with Crippen LogP contribution in [0.25, 0.3) is 0 Å². The Morgan fingerprint density at radius 2 is 1.81 bits per heavy atom. The second kappa shape index (κ2) is 6.91. The zero-order chi connectivity index (χ0) is 19.2. The average molecular weight is 433 g/mol. The molecule has 4 aliphatic carbocycles. The first-order valence-corrected chi connectivity index (χ1v) is 11.0. The lowest BCUT2D eigenvalue weighted by Gasteiger charge is -2.59. The van der Waals surface area contributed by atoms with Crippen LogP contribution in [0.2, 0.25) is 0 Å².